The fourth-order valence-corrected chi connectivity index (χ4v) is 8.61. The van der Waals surface area contributed by atoms with Crippen LogP contribution in [-0.2, 0) is 11.3 Å². The molecular formula is C28H32BrN7O2. The third-order valence-electron chi connectivity index (χ3n) is 9.56. The number of hydrogen-bond acceptors (Lipinski definition) is 7. The lowest BCUT2D eigenvalue weighted by atomic mass is 9.86. The van der Waals surface area contributed by atoms with E-state index >= 15 is 0 Å². The molecule has 3 aromatic rings. The number of hydrogen-bond donors (Lipinski definition) is 1. The molecular weight excluding hydrogens is 546 g/mol. The molecule has 2 N–H and O–H groups in total. The lowest BCUT2D eigenvalue weighted by Gasteiger charge is -2.45. The van der Waals surface area contributed by atoms with Gasteiger partial charge in [0.2, 0.25) is 11.7 Å². The Morgan fingerprint density at radius 1 is 1.18 bits per heavy atom. The maximum atomic E-state index is 12.1. The van der Waals surface area contributed by atoms with Crippen LogP contribution < -0.4 is 10.6 Å². The van der Waals surface area contributed by atoms with Gasteiger partial charge in [-0.1, -0.05) is 0 Å². The molecule has 7 rings (SSSR count). The van der Waals surface area contributed by atoms with Crippen LogP contribution in [-0.4, -0.2) is 49.7 Å². The van der Waals surface area contributed by atoms with E-state index in [1.54, 1.807) is 12.3 Å². The zero-order valence-corrected chi connectivity index (χ0v) is 22.9. The molecule has 6 heterocycles. The first-order valence-electron chi connectivity index (χ1n) is 13.9. The number of pyridine rings is 1. The second kappa shape index (κ2) is 9.38. The van der Waals surface area contributed by atoms with Crippen LogP contribution in [0.25, 0.3) is 11.0 Å². The standard InChI is InChI=1S/C28H32BrN7O2/c29-26-21-13-19(14-30)38-25(21)15-32-28(26)36(24-2-1-11-34-23(24)9-10-33-34)17-5-3-16(4-6-17)35-18-7-8-22(35)20(12-18)27(31)37/h9-10,13,15-18,20,22,24H,1-8,11-12H2,(H2,31,37)/t16?,17?,18-,20-,22-,24+/m0/s1. The van der Waals surface area contributed by atoms with E-state index in [4.69, 9.17) is 15.1 Å². The van der Waals surface area contributed by atoms with Gasteiger partial charge in [-0.05, 0) is 79.8 Å². The Balaban J connectivity index is 1.20. The molecule has 3 aromatic heterocycles. The summed E-state index contributed by atoms with van der Waals surface area (Å²) in [4.78, 5) is 22.2. The minimum atomic E-state index is -0.124. The van der Waals surface area contributed by atoms with Crippen LogP contribution >= 0.6 is 15.9 Å². The molecule has 198 valence electrons. The average Bonchev–Trinajstić information content (AvgIpc) is 3.73. The summed E-state index contributed by atoms with van der Waals surface area (Å²) in [6, 6.07) is 7.91. The van der Waals surface area contributed by atoms with Crippen LogP contribution in [0.2, 0.25) is 0 Å². The van der Waals surface area contributed by atoms with E-state index in [2.05, 4.69) is 47.6 Å². The molecule has 0 spiro atoms. The van der Waals surface area contributed by atoms with E-state index in [1.807, 2.05) is 6.20 Å². The highest BCUT2D eigenvalue weighted by atomic mass is 79.9. The van der Waals surface area contributed by atoms with Gasteiger partial charge in [-0.25, -0.2) is 4.98 Å². The van der Waals surface area contributed by atoms with E-state index in [0.717, 1.165) is 73.6 Å². The molecule has 10 heteroatoms. The molecule has 0 aromatic carbocycles. The summed E-state index contributed by atoms with van der Waals surface area (Å²) in [6.45, 7) is 0.944. The van der Waals surface area contributed by atoms with Crippen molar-refractivity contribution in [1.29, 1.82) is 5.26 Å². The molecule has 4 aliphatic rings. The van der Waals surface area contributed by atoms with Crippen LogP contribution in [0.5, 0.6) is 0 Å². The second-order valence-electron chi connectivity index (χ2n) is 11.4. The molecule has 3 fully saturated rings. The number of nitriles is 1. The Kier molecular flexibility index (Phi) is 5.97. The van der Waals surface area contributed by atoms with E-state index in [-0.39, 0.29) is 23.6 Å². The largest absolute Gasteiger partial charge is 0.444 e. The van der Waals surface area contributed by atoms with E-state index in [1.165, 1.54) is 12.1 Å². The van der Waals surface area contributed by atoms with Crippen molar-refractivity contribution in [1.82, 2.24) is 19.7 Å². The maximum Gasteiger partial charge on any atom is 0.222 e. The number of aromatic nitrogens is 3. The highest BCUT2D eigenvalue weighted by molar-refractivity contribution is 9.10. The maximum absolute atomic E-state index is 12.1. The van der Waals surface area contributed by atoms with Gasteiger partial charge in [-0.2, -0.15) is 10.4 Å². The summed E-state index contributed by atoms with van der Waals surface area (Å²) in [5, 5.41) is 14.8. The van der Waals surface area contributed by atoms with Crippen LogP contribution in [0.3, 0.4) is 0 Å². The van der Waals surface area contributed by atoms with Gasteiger partial charge >= 0.3 is 0 Å². The predicted octanol–water partition coefficient (Wildman–Crippen LogP) is 4.65. The molecule has 1 aliphatic carbocycles. The number of rotatable bonds is 5. The van der Waals surface area contributed by atoms with Crippen molar-refractivity contribution in [2.45, 2.75) is 94.5 Å². The number of nitrogens with zero attached hydrogens (tertiary/aromatic N) is 6. The zero-order chi connectivity index (χ0) is 26.0. The number of halogens is 1. The van der Waals surface area contributed by atoms with Crippen molar-refractivity contribution in [2.24, 2.45) is 11.7 Å². The number of furan rings is 1. The number of carbonyl (C=O) groups is 1. The van der Waals surface area contributed by atoms with Gasteiger partial charge < -0.3 is 15.1 Å². The molecule has 2 saturated heterocycles. The number of fused-ring (bicyclic) bond motifs is 4. The van der Waals surface area contributed by atoms with Crippen molar-refractivity contribution >= 4 is 38.6 Å². The third-order valence-corrected chi connectivity index (χ3v) is 10.3. The monoisotopic (exact) mass is 577 g/mol. The molecule has 2 bridgehead atoms. The van der Waals surface area contributed by atoms with Gasteiger partial charge in [-0.15, -0.1) is 0 Å². The van der Waals surface area contributed by atoms with Crippen LogP contribution in [0.1, 0.15) is 75.3 Å². The number of aryl methyl sites for hydroxylation is 1. The number of carbonyl (C=O) groups excluding carboxylic acids is 1. The summed E-state index contributed by atoms with van der Waals surface area (Å²) >= 11 is 3.85. The molecule has 38 heavy (non-hydrogen) atoms. The van der Waals surface area contributed by atoms with Crippen molar-refractivity contribution in [3.05, 3.63) is 40.5 Å². The van der Waals surface area contributed by atoms with Gasteiger partial charge in [0.25, 0.3) is 0 Å². The molecule has 9 nitrogen and oxygen atoms in total. The Bertz CT molecular complexity index is 1420. The lowest BCUT2D eigenvalue weighted by Crippen LogP contribution is -2.48. The summed E-state index contributed by atoms with van der Waals surface area (Å²) in [5.41, 5.74) is 7.61. The SMILES string of the molecule is N#Cc1cc2c(Br)c(N(C3CCC(N4[C@H]5CC[C@H]4[C@@H](C(N)=O)C5)CC3)[C@@H]3CCCn4nccc43)ncc2o1. The highest BCUT2D eigenvalue weighted by Crippen LogP contribution is 2.47. The minimum absolute atomic E-state index is 0.0191. The summed E-state index contributed by atoms with van der Waals surface area (Å²) in [5.74, 6) is 1.09. The van der Waals surface area contributed by atoms with Gasteiger partial charge in [0.1, 0.15) is 11.9 Å². The minimum Gasteiger partial charge on any atom is -0.444 e. The van der Waals surface area contributed by atoms with E-state index in [0.29, 0.717) is 29.8 Å². The highest BCUT2D eigenvalue weighted by Gasteiger charge is 2.51. The molecule has 1 saturated carbocycles. The van der Waals surface area contributed by atoms with E-state index in [9.17, 15) is 10.1 Å². The van der Waals surface area contributed by atoms with Crippen molar-refractivity contribution in [2.75, 3.05) is 4.90 Å². The van der Waals surface area contributed by atoms with Gasteiger partial charge in [0, 0.05) is 48.4 Å². The zero-order valence-electron chi connectivity index (χ0n) is 21.3. The Morgan fingerprint density at radius 2 is 2.00 bits per heavy atom. The van der Waals surface area contributed by atoms with Gasteiger partial charge in [0.15, 0.2) is 5.58 Å². The fourth-order valence-electron chi connectivity index (χ4n) is 8.00. The number of primary amides is 1. The first-order valence-corrected chi connectivity index (χ1v) is 14.7. The van der Waals surface area contributed by atoms with Crippen molar-refractivity contribution in [3.8, 4) is 6.07 Å². The third kappa shape index (κ3) is 3.77. The molecule has 0 radical (unpaired) electrons. The first-order chi connectivity index (χ1) is 18.5. The lowest BCUT2D eigenvalue weighted by molar-refractivity contribution is -0.122. The second-order valence-corrected chi connectivity index (χ2v) is 12.2. The summed E-state index contributed by atoms with van der Waals surface area (Å²) in [7, 11) is 0. The molecule has 3 aliphatic heterocycles. The quantitative estimate of drug-likeness (QED) is 0.469. The molecule has 0 unspecified atom stereocenters. The average molecular weight is 579 g/mol. The molecule has 4 atom stereocenters. The Labute approximate surface area is 230 Å². The number of amides is 1. The van der Waals surface area contributed by atoms with Crippen LogP contribution in [0.4, 0.5) is 5.82 Å². The summed E-state index contributed by atoms with van der Waals surface area (Å²) < 4.78 is 8.68. The van der Waals surface area contributed by atoms with Crippen LogP contribution in [0.15, 0.2) is 33.4 Å². The first kappa shape index (κ1) is 24.2. The summed E-state index contributed by atoms with van der Waals surface area (Å²) in [6.07, 6.45) is 13.3. The fraction of sp³-hybridized carbons (Fsp3) is 0.571. The normalized spacial score (nSPS) is 30.8. The molecule has 1 amide bonds. The topological polar surface area (TPSA) is 117 Å². The van der Waals surface area contributed by atoms with E-state index < -0.39 is 0 Å². The van der Waals surface area contributed by atoms with Gasteiger partial charge in [0.05, 0.1) is 28.3 Å². The van der Waals surface area contributed by atoms with Gasteiger partial charge in [-0.3, -0.25) is 14.4 Å². The number of nitrogens with two attached hydrogens (primary N) is 1. The predicted molar refractivity (Wildman–Crippen MR) is 145 cm³/mol. The van der Waals surface area contributed by atoms with Crippen molar-refractivity contribution < 1.29 is 9.21 Å². The Hall–Kier alpha value is -2.90. The Morgan fingerprint density at radius 3 is 2.76 bits per heavy atom. The number of anilines is 1. The van der Waals surface area contributed by atoms with Crippen molar-refractivity contribution in [3.63, 3.8) is 0 Å². The smallest absolute Gasteiger partial charge is 0.222 e. The van der Waals surface area contributed by atoms with Crippen LogP contribution in [0, 0.1) is 17.2 Å².